The maximum atomic E-state index is 5.60. The SMILES string of the molecule is CC(=Cc1nnc(-c2cccnc2)o1)C(C)(C)C. The quantitative estimate of drug-likeness (QED) is 0.809. The van der Waals surface area contributed by atoms with E-state index in [-0.39, 0.29) is 5.41 Å². The van der Waals surface area contributed by atoms with Crippen molar-refractivity contribution >= 4 is 6.08 Å². The highest BCUT2D eigenvalue weighted by molar-refractivity contribution is 5.52. The molecule has 0 bridgehead atoms. The van der Waals surface area contributed by atoms with Crippen LogP contribution >= 0.6 is 0 Å². The molecule has 2 heterocycles. The summed E-state index contributed by atoms with van der Waals surface area (Å²) in [6.07, 6.45) is 5.34. The first-order chi connectivity index (χ1) is 8.47. The first kappa shape index (κ1) is 12.5. The van der Waals surface area contributed by atoms with Gasteiger partial charge in [-0.25, -0.2) is 0 Å². The van der Waals surface area contributed by atoms with Crippen molar-refractivity contribution in [1.29, 1.82) is 0 Å². The molecule has 0 atom stereocenters. The lowest BCUT2D eigenvalue weighted by Crippen LogP contribution is -2.05. The van der Waals surface area contributed by atoms with Crippen molar-refractivity contribution in [2.24, 2.45) is 5.41 Å². The molecule has 2 rings (SSSR count). The Morgan fingerprint density at radius 1 is 1.28 bits per heavy atom. The van der Waals surface area contributed by atoms with E-state index in [1.807, 2.05) is 18.2 Å². The molecule has 18 heavy (non-hydrogen) atoms. The van der Waals surface area contributed by atoms with E-state index in [2.05, 4.69) is 42.9 Å². The molecular weight excluding hydrogens is 226 g/mol. The van der Waals surface area contributed by atoms with Gasteiger partial charge >= 0.3 is 0 Å². The Morgan fingerprint density at radius 3 is 2.67 bits per heavy atom. The van der Waals surface area contributed by atoms with Gasteiger partial charge in [0.15, 0.2) is 0 Å². The van der Waals surface area contributed by atoms with E-state index >= 15 is 0 Å². The molecule has 0 amide bonds. The minimum Gasteiger partial charge on any atom is -0.417 e. The zero-order chi connectivity index (χ0) is 13.2. The Balaban J connectivity index is 2.27. The summed E-state index contributed by atoms with van der Waals surface area (Å²) < 4.78 is 5.60. The predicted octanol–water partition coefficient (Wildman–Crippen LogP) is 3.58. The van der Waals surface area contributed by atoms with Gasteiger partial charge in [0.05, 0.1) is 5.56 Å². The molecule has 2 aromatic rings. The zero-order valence-corrected chi connectivity index (χ0v) is 11.1. The monoisotopic (exact) mass is 243 g/mol. The molecule has 94 valence electrons. The molecular formula is C14H17N3O. The van der Waals surface area contributed by atoms with Gasteiger partial charge in [0.25, 0.3) is 0 Å². The Kier molecular flexibility index (Phi) is 3.28. The van der Waals surface area contributed by atoms with Crippen LogP contribution in [0.15, 0.2) is 34.5 Å². The molecule has 2 aromatic heterocycles. The van der Waals surface area contributed by atoms with Gasteiger partial charge in [-0.2, -0.15) is 0 Å². The number of hydrogen-bond donors (Lipinski definition) is 0. The summed E-state index contributed by atoms with van der Waals surface area (Å²) >= 11 is 0. The van der Waals surface area contributed by atoms with Crippen LogP contribution < -0.4 is 0 Å². The summed E-state index contributed by atoms with van der Waals surface area (Å²) in [6.45, 7) is 8.51. The molecule has 0 aromatic carbocycles. The summed E-state index contributed by atoms with van der Waals surface area (Å²) in [6, 6.07) is 3.74. The van der Waals surface area contributed by atoms with Gasteiger partial charge in [-0.15, -0.1) is 10.2 Å². The predicted molar refractivity (Wildman–Crippen MR) is 70.6 cm³/mol. The summed E-state index contributed by atoms with van der Waals surface area (Å²) in [7, 11) is 0. The van der Waals surface area contributed by atoms with Gasteiger partial charge in [0.2, 0.25) is 11.8 Å². The van der Waals surface area contributed by atoms with Crippen LogP contribution in [0.2, 0.25) is 0 Å². The van der Waals surface area contributed by atoms with Gasteiger partial charge in [-0.1, -0.05) is 26.3 Å². The number of rotatable bonds is 2. The van der Waals surface area contributed by atoms with Gasteiger partial charge < -0.3 is 4.42 Å². The number of aromatic nitrogens is 3. The zero-order valence-electron chi connectivity index (χ0n) is 11.1. The van der Waals surface area contributed by atoms with E-state index in [1.54, 1.807) is 12.4 Å². The van der Waals surface area contributed by atoms with Gasteiger partial charge in [0.1, 0.15) is 0 Å². The highest BCUT2D eigenvalue weighted by atomic mass is 16.4. The van der Waals surface area contributed by atoms with Crippen LogP contribution in [0.1, 0.15) is 33.6 Å². The first-order valence-electron chi connectivity index (χ1n) is 5.89. The van der Waals surface area contributed by atoms with E-state index in [1.165, 1.54) is 5.57 Å². The molecule has 0 N–H and O–H groups in total. The standard InChI is InChI=1S/C14H17N3O/c1-10(14(2,3)4)8-12-16-17-13(18-12)11-6-5-7-15-9-11/h5-9H,1-4H3. The van der Waals surface area contributed by atoms with Crippen LogP contribution in [0.5, 0.6) is 0 Å². The van der Waals surface area contributed by atoms with Crippen molar-refractivity contribution in [1.82, 2.24) is 15.2 Å². The Hall–Kier alpha value is -1.97. The van der Waals surface area contributed by atoms with Crippen LogP contribution in [0.3, 0.4) is 0 Å². The minimum absolute atomic E-state index is 0.100. The van der Waals surface area contributed by atoms with Crippen molar-refractivity contribution in [3.63, 3.8) is 0 Å². The van der Waals surface area contributed by atoms with Crippen molar-refractivity contribution in [3.8, 4) is 11.5 Å². The second-order valence-electron chi connectivity index (χ2n) is 5.26. The molecule has 0 saturated carbocycles. The second-order valence-corrected chi connectivity index (χ2v) is 5.26. The Morgan fingerprint density at radius 2 is 2.06 bits per heavy atom. The van der Waals surface area contributed by atoms with E-state index in [0.29, 0.717) is 11.8 Å². The smallest absolute Gasteiger partial charge is 0.249 e. The highest BCUT2D eigenvalue weighted by Gasteiger charge is 2.14. The molecule has 0 spiro atoms. The average Bonchev–Trinajstić information content (AvgIpc) is 2.77. The van der Waals surface area contributed by atoms with Crippen molar-refractivity contribution in [2.45, 2.75) is 27.7 Å². The highest BCUT2D eigenvalue weighted by Crippen LogP contribution is 2.26. The third-order valence-corrected chi connectivity index (χ3v) is 2.87. The lowest BCUT2D eigenvalue weighted by atomic mass is 9.87. The Labute approximate surface area is 107 Å². The van der Waals surface area contributed by atoms with E-state index in [0.717, 1.165) is 5.56 Å². The lowest BCUT2D eigenvalue weighted by molar-refractivity contribution is 0.502. The van der Waals surface area contributed by atoms with Crippen LogP contribution in [0.25, 0.3) is 17.5 Å². The Bertz CT molecular complexity index is 550. The number of nitrogens with zero attached hydrogens (tertiary/aromatic N) is 3. The maximum absolute atomic E-state index is 5.60. The fourth-order valence-corrected chi connectivity index (χ4v) is 1.30. The number of allylic oxidation sites excluding steroid dienone is 1. The lowest BCUT2D eigenvalue weighted by Gasteiger charge is -2.18. The molecule has 0 fully saturated rings. The van der Waals surface area contributed by atoms with E-state index in [9.17, 15) is 0 Å². The van der Waals surface area contributed by atoms with E-state index in [4.69, 9.17) is 4.42 Å². The summed E-state index contributed by atoms with van der Waals surface area (Å²) in [5.74, 6) is 1.03. The van der Waals surface area contributed by atoms with Gasteiger partial charge in [0, 0.05) is 18.5 Å². The third-order valence-electron chi connectivity index (χ3n) is 2.87. The van der Waals surface area contributed by atoms with Crippen LogP contribution in [-0.4, -0.2) is 15.2 Å². The molecule has 0 aliphatic heterocycles. The van der Waals surface area contributed by atoms with Crippen molar-refractivity contribution in [3.05, 3.63) is 36.0 Å². The minimum atomic E-state index is 0.100. The fraction of sp³-hybridized carbons (Fsp3) is 0.357. The molecule has 0 saturated heterocycles. The van der Waals surface area contributed by atoms with Crippen LogP contribution in [0.4, 0.5) is 0 Å². The summed E-state index contributed by atoms with van der Waals surface area (Å²) in [5.41, 5.74) is 2.13. The largest absolute Gasteiger partial charge is 0.417 e. The van der Waals surface area contributed by atoms with Crippen molar-refractivity contribution < 1.29 is 4.42 Å². The summed E-state index contributed by atoms with van der Waals surface area (Å²) in [5, 5.41) is 8.05. The maximum Gasteiger partial charge on any atom is 0.249 e. The van der Waals surface area contributed by atoms with Crippen molar-refractivity contribution in [2.75, 3.05) is 0 Å². The summed E-state index contributed by atoms with van der Waals surface area (Å²) in [4.78, 5) is 4.03. The third kappa shape index (κ3) is 2.83. The molecule has 4 nitrogen and oxygen atoms in total. The molecule has 4 heteroatoms. The second kappa shape index (κ2) is 4.72. The molecule has 0 aliphatic rings. The van der Waals surface area contributed by atoms with Crippen LogP contribution in [0, 0.1) is 5.41 Å². The van der Waals surface area contributed by atoms with Crippen LogP contribution in [-0.2, 0) is 0 Å². The number of hydrogen-bond acceptors (Lipinski definition) is 4. The molecule has 0 radical (unpaired) electrons. The average molecular weight is 243 g/mol. The van der Waals surface area contributed by atoms with Gasteiger partial charge in [-0.05, 0) is 24.5 Å². The fourth-order valence-electron chi connectivity index (χ4n) is 1.30. The first-order valence-corrected chi connectivity index (χ1v) is 5.89. The number of pyridine rings is 1. The normalized spacial score (nSPS) is 12.8. The molecule has 0 unspecified atom stereocenters. The van der Waals surface area contributed by atoms with E-state index < -0.39 is 0 Å². The molecule has 0 aliphatic carbocycles. The topological polar surface area (TPSA) is 51.8 Å². The van der Waals surface area contributed by atoms with Gasteiger partial charge in [-0.3, -0.25) is 4.98 Å².